The van der Waals surface area contributed by atoms with E-state index >= 15 is 0 Å². The number of rotatable bonds is 12. The van der Waals surface area contributed by atoms with Gasteiger partial charge in [-0.25, -0.2) is 0 Å². The zero-order valence-electron chi connectivity index (χ0n) is 19.5. The van der Waals surface area contributed by atoms with E-state index in [4.69, 9.17) is 14.6 Å². The van der Waals surface area contributed by atoms with Gasteiger partial charge in [0.05, 0.1) is 24.0 Å². The summed E-state index contributed by atoms with van der Waals surface area (Å²) in [6.45, 7) is 7.15. The van der Waals surface area contributed by atoms with Crippen molar-refractivity contribution in [3.8, 4) is 17.2 Å². The van der Waals surface area contributed by atoms with E-state index in [0.29, 0.717) is 30.9 Å². The molecule has 0 amide bonds. The second-order valence-corrected chi connectivity index (χ2v) is 9.24. The van der Waals surface area contributed by atoms with Crippen molar-refractivity contribution < 1.29 is 34.4 Å². The van der Waals surface area contributed by atoms with Crippen LogP contribution in [0.15, 0.2) is 42.5 Å². The van der Waals surface area contributed by atoms with Gasteiger partial charge in [0.2, 0.25) is 0 Å². The van der Waals surface area contributed by atoms with E-state index in [1.165, 1.54) is 6.07 Å². The second kappa shape index (κ2) is 10.9. The van der Waals surface area contributed by atoms with Gasteiger partial charge >= 0.3 is 11.9 Å². The zero-order valence-corrected chi connectivity index (χ0v) is 19.5. The van der Waals surface area contributed by atoms with Crippen LogP contribution in [0.1, 0.15) is 51.7 Å². The Bertz CT molecular complexity index is 988. The Kier molecular flexibility index (Phi) is 8.51. The fourth-order valence-electron chi connectivity index (χ4n) is 2.71. The van der Waals surface area contributed by atoms with Gasteiger partial charge in [-0.2, -0.15) is 0 Å². The molecule has 0 bridgehead atoms. The maximum absolute atomic E-state index is 11.2. The lowest BCUT2D eigenvalue weighted by Crippen LogP contribution is -2.25. The van der Waals surface area contributed by atoms with Crippen LogP contribution in [-0.4, -0.2) is 40.5 Å². The third-order valence-corrected chi connectivity index (χ3v) is 5.41. The molecule has 7 nitrogen and oxygen atoms in total. The van der Waals surface area contributed by atoms with E-state index in [0.717, 1.165) is 11.1 Å². The first-order chi connectivity index (χ1) is 15.4. The number of phenolic OH excluding ortho intramolecular Hbond substituents is 1. The lowest BCUT2D eigenvalue weighted by atomic mass is 9.90. The van der Waals surface area contributed by atoms with E-state index in [2.05, 4.69) is 0 Å². The Balaban J connectivity index is 1.94. The van der Waals surface area contributed by atoms with Crippen LogP contribution in [0.3, 0.4) is 0 Å². The Morgan fingerprint density at radius 3 is 1.76 bits per heavy atom. The van der Waals surface area contributed by atoms with E-state index in [-0.39, 0.29) is 12.4 Å². The standard InChI is InChI=1S/C26H32O7/c1-25(2,23(28)29)11-13-32-21-9-7-18(8-10-21)5-6-19-15-20(27)17-22(16-19)33-14-12-26(3,4)24(30)31/h5-10,15-17,27H,11-14H2,1-4H3,(H,28,29)(H,30,31)/b6-5+. The molecule has 0 aromatic heterocycles. The molecule has 0 spiro atoms. The van der Waals surface area contributed by atoms with Gasteiger partial charge in [0, 0.05) is 6.07 Å². The summed E-state index contributed by atoms with van der Waals surface area (Å²) in [6.07, 6.45) is 4.45. The van der Waals surface area contributed by atoms with Gasteiger partial charge in [-0.1, -0.05) is 24.3 Å². The summed E-state index contributed by atoms with van der Waals surface area (Å²) in [5, 5.41) is 28.3. The monoisotopic (exact) mass is 456 g/mol. The van der Waals surface area contributed by atoms with Gasteiger partial charge in [0.1, 0.15) is 17.2 Å². The molecule has 2 aromatic rings. The van der Waals surface area contributed by atoms with Gasteiger partial charge in [-0.05, 0) is 75.9 Å². The van der Waals surface area contributed by atoms with Crippen molar-refractivity contribution in [1.82, 2.24) is 0 Å². The first-order valence-electron chi connectivity index (χ1n) is 10.7. The van der Waals surface area contributed by atoms with Crippen LogP contribution >= 0.6 is 0 Å². The molecule has 7 heteroatoms. The molecule has 0 saturated heterocycles. The predicted octanol–water partition coefficient (Wildman–Crippen LogP) is 5.32. The van der Waals surface area contributed by atoms with Crippen LogP contribution in [0.2, 0.25) is 0 Å². The summed E-state index contributed by atoms with van der Waals surface area (Å²) >= 11 is 0. The van der Waals surface area contributed by atoms with Crippen molar-refractivity contribution in [3.63, 3.8) is 0 Å². The van der Waals surface area contributed by atoms with Crippen molar-refractivity contribution in [2.24, 2.45) is 10.8 Å². The highest BCUT2D eigenvalue weighted by Gasteiger charge is 2.27. The molecule has 0 saturated carbocycles. The summed E-state index contributed by atoms with van der Waals surface area (Å²) in [7, 11) is 0. The molecular weight excluding hydrogens is 424 g/mol. The summed E-state index contributed by atoms with van der Waals surface area (Å²) in [6, 6.07) is 12.2. The van der Waals surface area contributed by atoms with Crippen LogP contribution in [-0.2, 0) is 9.59 Å². The van der Waals surface area contributed by atoms with E-state index in [1.54, 1.807) is 39.8 Å². The molecule has 33 heavy (non-hydrogen) atoms. The molecule has 0 aliphatic carbocycles. The van der Waals surface area contributed by atoms with Crippen molar-refractivity contribution in [3.05, 3.63) is 53.6 Å². The lowest BCUT2D eigenvalue weighted by molar-refractivity contribution is -0.148. The molecular formula is C26H32O7. The van der Waals surface area contributed by atoms with Crippen molar-refractivity contribution >= 4 is 24.1 Å². The average molecular weight is 457 g/mol. The molecule has 0 aliphatic heterocycles. The molecule has 0 radical (unpaired) electrons. The average Bonchev–Trinajstić information content (AvgIpc) is 2.72. The number of carbonyl (C=O) groups is 2. The molecule has 2 rings (SSSR count). The maximum atomic E-state index is 11.2. The molecule has 0 unspecified atom stereocenters. The number of carboxylic acid groups (broad SMARTS) is 2. The van der Waals surface area contributed by atoms with E-state index in [1.807, 2.05) is 36.4 Å². The molecule has 0 atom stereocenters. The SMILES string of the molecule is CC(C)(CCOc1ccc(/C=C/c2cc(O)cc(OCCC(C)(C)C(=O)O)c2)cc1)C(=O)O. The van der Waals surface area contributed by atoms with Gasteiger partial charge < -0.3 is 24.8 Å². The number of hydrogen-bond acceptors (Lipinski definition) is 5. The Morgan fingerprint density at radius 2 is 1.24 bits per heavy atom. The highest BCUT2D eigenvalue weighted by Crippen LogP contribution is 2.26. The number of benzene rings is 2. The first kappa shape index (κ1) is 25.8. The minimum Gasteiger partial charge on any atom is -0.508 e. The normalized spacial score (nSPS) is 12.0. The highest BCUT2D eigenvalue weighted by atomic mass is 16.5. The summed E-state index contributed by atoms with van der Waals surface area (Å²) in [5.41, 5.74) is -0.0677. The third kappa shape index (κ3) is 8.18. The number of hydrogen-bond donors (Lipinski definition) is 3. The minimum atomic E-state index is -0.887. The van der Waals surface area contributed by atoms with Crippen LogP contribution in [0, 0.1) is 10.8 Å². The van der Waals surface area contributed by atoms with E-state index < -0.39 is 22.8 Å². The van der Waals surface area contributed by atoms with Crippen LogP contribution < -0.4 is 9.47 Å². The summed E-state index contributed by atoms with van der Waals surface area (Å²) < 4.78 is 11.3. The largest absolute Gasteiger partial charge is 0.508 e. The van der Waals surface area contributed by atoms with Gasteiger partial charge in [0.15, 0.2) is 0 Å². The fraction of sp³-hybridized carbons (Fsp3) is 0.385. The molecule has 178 valence electrons. The zero-order chi connectivity index (χ0) is 24.6. The molecule has 0 aliphatic rings. The van der Waals surface area contributed by atoms with Crippen molar-refractivity contribution in [2.45, 2.75) is 40.5 Å². The maximum Gasteiger partial charge on any atom is 0.309 e. The Hall–Kier alpha value is -3.48. The number of aromatic hydroxyl groups is 1. The number of aliphatic carboxylic acids is 2. The molecule has 0 heterocycles. The number of phenols is 1. The van der Waals surface area contributed by atoms with Crippen LogP contribution in [0.5, 0.6) is 17.2 Å². The summed E-state index contributed by atoms with van der Waals surface area (Å²) in [5.74, 6) is -0.561. The Morgan fingerprint density at radius 1 is 0.758 bits per heavy atom. The van der Waals surface area contributed by atoms with Gasteiger partial charge in [-0.15, -0.1) is 0 Å². The lowest BCUT2D eigenvalue weighted by Gasteiger charge is -2.19. The quantitative estimate of drug-likeness (QED) is 0.370. The molecule has 2 aromatic carbocycles. The smallest absolute Gasteiger partial charge is 0.309 e. The van der Waals surface area contributed by atoms with E-state index in [9.17, 15) is 19.8 Å². The topological polar surface area (TPSA) is 113 Å². The number of carboxylic acids is 2. The van der Waals surface area contributed by atoms with Crippen molar-refractivity contribution in [2.75, 3.05) is 13.2 Å². The molecule has 3 N–H and O–H groups in total. The van der Waals surface area contributed by atoms with Crippen LogP contribution in [0.25, 0.3) is 12.2 Å². The Labute approximate surface area is 194 Å². The second-order valence-electron chi connectivity index (χ2n) is 9.24. The fourth-order valence-corrected chi connectivity index (χ4v) is 2.71. The molecule has 0 fully saturated rings. The predicted molar refractivity (Wildman–Crippen MR) is 127 cm³/mol. The minimum absolute atomic E-state index is 0.0534. The number of ether oxygens (including phenoxy) is 2. The van der Waals surface area contributed by atoms with Crippen molar-refractivity contribution in [1.29, 1.82) is 0 Å². The third-order valence-electron chi connectivity index (χ3n) is 5.41. The first-order valence-corrected chi connectivity index (χ1v) is 10.7. The van der Waals surface area contributed by atoms with Gasteiger partial charge in [-0.3, -0.25) is 9.59 Å². The van der Waals surface area contributed by atoms with Gasteiger partial charge in [0.25, 0.3) is 0 Å². The highest BCUT2D eigenvalue weighted by molar-refractivity contribution is 5.74. The summed E-state index contributed by atoms with van der Waals surface area (Å²) in [4.78, 5) is 22.3. The van der Waals surface area contributed by atoms with Crippen LogP contribution in [0.4, 0.5) is 0 Å².